The summed E-state index contributed by atoms with van der Waals surface area (Å²) >= 11 is 22.4. The van der Waals surface area contributed by atoms with Crippen LogP contribution in [-0.2, 0) is 36.3 Å². The molecule has 0 aromatic heterocycles. The second-order valence-corrected chi connectivity index (χ2v) is 18.2. The van der Waals surface area contributed by atoms with E-state index in [9.17, 15) is 42.2 Å². The molecule has 0 aliphatic rings. The maximum Gasteiger partial charge on any atom is 0.416 e. The van der Waals surface area contributed by atoms with E-state index in [0.717, 1.165) is 41.4 Å². The van der Waals surface area contributed by atoms with Crippen LogP contribution in [0.15, 0.2) is 79.9 Å². The van der Waals surface area contributed by atoms with Gasteiger partial charge in [0.05, 0.1) is 40.5 Å². The Bertz CT molecular complexity index is 2100. The normalized spacial score (nSPS) is 12.5. The predicted molar refractivity (Wildman–Crippen MR) is 254 cm³/mol. The van der Waals surface area contributed by atoms with Gasteiger partial charge in [0.15, 0.2) is 12.2 Å². The van der Waals surface area contributed by atoms with Gasteiger partial charge in [0.1, 0.15) is 23.4 Å². The number of para-hydroxylation sites is 1. The minimum absolute atomic E-state index is 0.0111. The summed E-state index contributed by atoms with van der Waals surface area (Å²) in [6.45, 7) is 17.5. The average Bonchev–Trinajstić information content (AvgIpc) is 3.23. The first-order valence-corrected chi connectivity index (χ1v) is 23.8. The maximum absolute atomic E-state index is 12.6. The Morgan fingerprint density at radius 1 is 1.05 bits per heavy atom. The zero-order valence-corrected chi connectivity index (χ0v) is 41.2. The number of hydrogen-bond donors (Lipinski definition) is 3. The average molecular weight is 1030 g/mol. The number of rotatable bonds is 20. The van der Waals surface area contributed by atoms with Crippen molar-refractivity contribution in [2.45, 2.75) is 63.6 Å². The number of carbonyl (C=O) groups is 3. The van der Waals surface area contributed by atoms with Gasteiger partial charge < -0.3 is 39.7 Å². The summed E-state index contributed by atoms with van der Waals surface area (Å²) in [5.41, 5.74) is 7.15. The summed E-state index contributed by atoms with van der Waals surface area (Å²) < 4.78 is 64.2. The number of alkyl halides is 6. The van der Waals surface area contributed by atoms with Crippen molar-refractivity contribution in [3.8, 4) is 17.2 Å². The topological polar surface area (TPSA) is 212 Å². The van der Waals surface area contributed by atoms with Crippen LogP contribution in [0.2, 0.25) is 5.02 Å². The van der Waals surface area contributed by atoms with Gasteiger partial charge in [0.2, 0.25) is 11.7 Å². The number of ether oxygens (including phenoxy) is 3. The molecular formula is C43H56Cl4F3N4O11P. The Kier molecular flexibility index (Phi) is 28.8. The smallest absolute Gasteiger partial charge is 0.416 e. The fraction of sp³-hybridized carbons (Fsp3) is 0.419. The van der Waals surface area contributed by atoms with Crippen LogP contribution >= 0.6 is 53.8 Å². The van der Waals surface area contributed by atoms with Crippen molar-refractivity contribution < 1.29 is 61.3 Å². The van der Waals surface area contributed by atoms with E-state index in [1.165, 1.54) is 29.8 Å². The molecule has 3 rings (SSSR count). The van der Waals surface area contributed by atoms with Gasteiger partial charge in [-0.05, 0) is 69.0 Å². The molecule has 2 amide bonds. The van der Waals surface area contributed by atoms with E-state index in [2.05, 4.69) is 26.1 Å². The minimum Gasteiger partial charge on any atom is -0.487 e. The number of anilines is 1. The summed E-state index contributed by atoms with van der Waals surface area (Å²) in [6, 6.07) is 11.4. The molecule has 0 fully saturated rings. The lowest BCUT2D eigenvalue weighted by Gasteiger charge is -2.31. The number of benzene rings is 3. The first-order valence-electron chi connectivity index (χ1n) is 19.7. The number of nitro benzene ring substituents is 1. The van der Waals surface area contributed by atoms with Crippen molar-refractivity contribution >= 4 is 82.9 Å². The van der Waals surface area contributed by atoms with E-state index in [1.807, 2.05) is 26.0 Å². The molecule has 66 heavy (non-hydrogen) atoms. The van der Waals surface area contributed by atoms with Gasteiger partial charge in [-0.3, -0.25) is 29.1 Å². The molecule has 15 nitrogen and oxygen atoms in total. The van der Waals surface area contributed by atoms with Gasteiger partial charge >= 0.3 is 17.8 Å². The molecule has 0 bridgehead atoms. The first kappa shape index (κ1) is 61.6. The van der Waals surface area contributed by atoms with Crippen LogP contribution in [-0.4, -0.2) is 107 Å². The van der Waals surface area contributed by atoms with Gasteiger partial charge in [0, 0.05) is 45.2 Å². The van der Waals surface area contributed by atoms with Crippen molar-refractivity contribution in [2.75, 3.05) is 57.0 Å². The third-order valence-electron chi connectivity index (χ3n) is 8.46. The Labute approximate surface area is 402 Å². The number of amides is 2. The van der Waals surface area contributed by atoms with E-state index in [4.69, 9.17) is 76.3 Å². The lowest BCUT2D eigenvalue weighted by Crippen LogP contribution is -2.43. The van der Waals surface area contributed by atoms with Crippen LogP contribution < -0.4 is 20.1 Å². The van der Waals surface area contributed by atoms with Crippen molar-refractivity contribution in [3.05, 3.63) is 112 Å². The largest absolute Gasteiger partial charge is 0.487 e. The third kappa shape index (κ3) is 22.4. The molecule has 3 unspecified atom stereocenters. The monoisotopic (exact) mass is 1030 g/mol. The summed E-state index contributed by atoms with van der Waals surface area (Å²) in [6.07, 6.45) is -0.421. The first-order chi connectivity index (χ1) is 30.7. The van der Waals surface area contributed by atoms with Crippen LogP contribution in [0.4, 0.5) is 24.5 Å². The van der Waals surface area contributed by atoms with Crippen LogP contribution in [0.5, 0.6) is 17.2 Å². The SMILES string of the molecule is C=CCN(CC=C)C(=O)C(Cl)Cl.CCOc1cc(Oc2ccc(C(F)(F)F)cc2Cl)ccc1[N+](=O)[O-].CCc1cccc(C)c1N(C(=O)CCl)C(C)COC.CP(=O)(O)CCC(N)C(=O)O. The van der Waals surface area contributed by atoms with Crippen molar-refractivity contribution in [2.24, 2.45) is 5.73 Å². The summed E-state index contributed by atoms with van der Waals surface area (Å²) in [5, 5.41) is 19.0. The standard InChI is InChI=1S/C15H11ClF3NO4.C15H22ClNO2.C8H11Cl2NO.C5H12NO4P/c1-2-23-14-8-10(4-5-12(14)20(21)22)24-13-6-3-9(7-11(13)16)15(17,18)19;1-5-13-8-6-7-11(2)15(13)17(14(18)9-16)12(3)10-19-4;1-3-5-11(6-4-2)8(12)7(9)10;1-11(9,10)3-2-4(6)5(7)8/h3-8H,2H2,1H3;6-8,12H,5,9-10H2,1-4H3;3-4,7H,1-2,5-6H2;4H,2-3,6H2,1H3,(H,7,8)(H,9,10). The quantitative estimate of drug-likeness (QED) is 0.0317. The number of carbonyl (C=O) groups excluding carboxylic acids is 2. The van der Waals surface area contributed by atoms with E-state index in [-0.39, 0.29) is 70.9 Å². The van der Waals surface area contributed by atoms with Gasteiger partial charge in [-0.1, -0.05) is 72.1 Å². The summed E-state index contributed by atoms with van der Waals surface area (Å²) in [5.74, 6) is -1.45. The number of carboxylic acid groups (broad SMARTS) is 1. The van der Waals surface area contributed by atoms with Gasteiger partial charge in [0.25, 0.3) is 5.91 Å². The highest BCUT2D eigenvalue weighted by Crippen LogP contribution is 2.39. The number of aliphatic carboxylic acids is 1. The van der Waals surface area contributed by atoms with Crippen LogP contribution in [0.25, 0.3) is 0 Å². The second kappa shape index (κ2) is 30.8. The molecule has 3 atom stereocenters. The van der Waals surface area contributed by atoms with Crippen molar-refractivity contribution in [3.63, 3.8) is 0 Å². The maximum atomic E-state index is 12.6. The zero-order valence-electron chi connectivity index (χ0n) is 37.2. The molecule has 0 aliphatic heterocycles. The Hall–Kier alpha value is -4.39. The highest BCUT2D eigenvalue weighted by atomic mass is 35.5. The highest BCUT2D eigenvalue weighted by molar-refractivity contribution is 7.57. The van der Waals surface area contributed by atoms with Crippen molar-refractivity contribution in [1.29, 1.82) is 0 Å². The third-order valence-corrected chi connectivity index (χ3v) is 10.4. The van der Waals surface area contributed by atoms with Crippen LogP contribution in [0, 0.1) is 17.0 Å². The number of carboxylic acids is 1. The number of halogens is 7. The van der Waals surface area contributed by atoms with E-state index < -0.39 is 40.9 Å². The predicted octanol–water partition coefficient (Wildman–Crippen LogP) is 10.3. The Morgan fingerprint density at radius 2 is 1.65 bits per heavy atom. The number of methoxy groups -OCH3 is 1. The fourth-order valence-electron chi connectivity index (χ4n) is 5.39. The second-order valence-electron chi connectivity index (χ2n) is 13.8. The van der Waals surface area contributed by atoms with Crippen LogP contribution in [0.3, 0.4) is 0 Å². The Balaban J connectivity index is 0.000000900. The molecule has 3 aromatic carbocycles. The van der Waals surface area contributed by atoms with Gasteiger partial charge in [-0.15, -0.1) is 24.8 Å². The number of hydrogen-bond acceptors (Lipinski definition) is 10. The molecule has 3 aromatic rings. The van der Waals surface area contributed by atoms with Gasteiger partial charge in [-0.25, -0.2) is 0 Å². The van der Waals surface area contributed by atoms with E-state index in [0.29, 0.717) is 19.7 Å². The fourth-order valence-corrected chi connectivity index (χ4v) is 6.77. The molecular weight excluding hydrogens is 978 g/mol. The number of nitrogens with zero attached hydrogens (tertiary/aromatic N) is 3. The molecule has 0 aliphatic carbocycles. The zero-order chi connectivity index (χ0) is 50.9. The highest BCUT2D eigenvalue weighted by Gasteiger charge is 2.31. The molecule has 0 saturated carbocycles. The number of nitrogens with two attached hydrogens (primary N) is 1. The molecule has 4 N–H and O–H groups in total. The summed E-state index contributed by atoms with van der Waals surface area (Å²) in [7, 11) is -1.47. The number of nitro groups is 1. The molecule has 23 heteroatoms. The van der Waals surface area contributed by atoms with E-state index >= 15 is 0 Å². The summed E-state index contributed by atoms with van der Waals surface area (Å²) in [4.78, 5) is 54.8. The lowest BCUT2D eigenvalue weighted by molar-refractivity contribution is -0.385. The number of aryl methyl sites for hydroxylation is 2. The van der Waals surface area contributed by atoms with Crippen molar-refractivity contribution in [1.82, 2.24) is 4.90 Å². The molecule has 0 spiro atoms. The van der Waals surface area contributed by atoms with E-state index in [1.54, 1.807) is 31.1 Å². The molecule has 368 valence electrons. The minimum atomic E-state index is -4.52. The molecule has 0 saturated heterocycles. The molecule has 0 heterocycles. The molecule has 0 radical (unpaired) electrons. The van der Waals surface area contributed by atoms with Gasteiger partial charge in [-0.2, -0.15) is 13.2 Å². The van der Waals surface area contributed by atoms with Crippen LogP contribution in [0.1, 0.15) is 43.9 Å². The Morgan fingerprint density at radius 3 is 2.09 bits per heavy atom. The lowest BCUT2D eigenvalue weighted by atomic mass is 10.0.